The molecule has 2 N–H and O–H groups in total. The lowest BCUT2D eigenvalue weighted by atomic mass is 9.98. The zero-order valence-electron chi connectivity index (χ0n) is 12.6. The summed E-state index contributed by atoms with van der Waals surface area (Å²) in [6.07, 6.45) is 2.42. The number of para-hydroxylation sites is 1. The van der Waals surface area contributed by atoms with Crippen molar-refractivity contribution in [2.45, 2.75) is 57.0 Å². The van der Waals surface area contributed by atoms with Gasteiger partial charge in [0.1, 0.15) is 4.90 Å². The van der Waals surface area contributed by atoms with Gasteiger partial charge in [0.15, 0.2) is 0 Å². The van der Waals surface area contributed by atoms with E-state index in [9.17, 15) is 8.42 Å². The minimum absolute atomic E-state index is 0.0799. The van der Waals surface area contributed by atoms with E-state index in [1.807, 2.05) is 26.0 Å². The van der Waals surface area contributed by atoms with Crippen molar-refractivity contribution < 1.29 is 8.42 Å². The predicted molar refractivity (Wildman–Crippen MR) is 82.3 cm³/mol. The zero-order valence-corrected chi connectivity index (χ0v) is 13.4. The summed E-state index contributed by atoms with van der Waals surface area (Å²) in [6, 6.07) is 6.98. The van der Waals surface area contributed by atoms with Crippen LogP contribution in [0.2, 0.25) is 0 Å². The molecule has 1 aliphatic rings. The van der Waals surface area contributed by atoms with Crippen LogP contribution in [0.1, 0.15) is 40.5 Å². The second-order valence-electron chi connectivity index (χ2n) is 6.39. The van der Waals surface area contributed by atoms with Gasteiger partial charge in [-0.3, -0.25) is 0 Å². The summed E-state index contributed by atoms with van der Waals surface area (Å²) in [5.41, 5.74) is 0.598. The molecule has 112 valence electrons. The van der Waals surface area contributed by atoms with E-state index in [-0.39, 0.29) is 11.6 Å². The van der Waals surface area contributed by atoms with Crippen LogP contribution in [0, 0.1) is 5.92 Å². The fourth-order valence-corrected chi connectivity index (χ4v) is 3.85. The van der Waals surface area contributed by atoms with Crippen molar-refractivity contribution in [3.05, 3.63) is 24.3 Å². The number of sulfonamides is 1. The number of nitrogens with one attached hydrogen (secondary N) is 2. The highest BCUT2D eigenvalue weighted by atomic mass is 32.2. The van der Waals surface area contributed by atoms with Gasteiger partial charge in [0, 0.05) is 11.6 Å². The first-order valence-corrected chi connectivity index (χ1v) is 8.60. The maximum Gasteiger partial charge on any atom is 0.242 e. The average molecular weight is 296 g/mol. The third kappa shape index (κ3) is 3.52. The van der Waals surface area contributed by atoms with Gasteiger partial charge in [-0.1, -0.05) is 12.1 Å². The molecule has 0 bridgehead atoms. The van der Waals surface area contributed by atoms with Gasteiger partial charge in [0.2, 0.25) is 10.0 Å². The Morgan fingerprint density at radius 2 is 1.80 bits per heavy atom. The molecule has 0 unspecified atom stereocenters. The Labute approximate surface area is 122 Å². The second-order valence-corrected chi connectivity index (χ2v) is 8.08. The summed E-state index contributed by atoms with van der Waals surface area (Å²) in [7, 11) is -3.48. The first-order valence-electron chi connectivity index (χ1n) is 7.12. The summed E-state index contributed by atoms with van der Waals surface area (Å²) in [5.74, 6) is 0.622. The van der Waals surface area contributed by atoms with E-state index in [0.29, 0.717) is 16.5 Å². The molecule has 0 aromatic heterocycles. The maximum absolute atomic E-state index is 12.4. The number of rotatable bonds is 6. The van der Waals surface area contributed by atoms with Crippen molar-refractivity contribution in [3.63, 3.8) is 0 Å². The summed E-state index contributed by atoms with van der Waals surface area (Å²) in [5, 5.41) is 3.41. The molecule has 0 heterocycles. The van der Waals surface area contributed by atoms with Crippen molar-refractivity contribution in [2.75, 3.05) is 5.32 Å². The van der Waals surface area contributed by atoms with Crippen LogP contribution >= 0.6 is 0 Å². The van der Waals surface area contributed by atoms with Crippen LogP contribution < -0.4 is 10.0 Å². The van der Waals surface area contributed by atoms with Gasteiger partial charge in [-0.05, 0) is 58.6 Å². The molecule has 1 aromatic carbocycles. The molecular formula is C15H24N2O2S. The number of benzene rings is 1. The third-order valence-electron chi connectivity index (χ3n) is 3.62. The van der Waals surface area contributed by atoms with Crippen molar-refractivity contribution in [3.8, 4) is 0 Å². The second kappa shape index (κ2) is 5.37. The third-order valence-corrected chi connectivity index (χ3v) is 5.34. The summed E-state index contributed by atoms with van der Waals surface area (Å²) < 4.78 is 27.4. The number of hydrogen-bond donors (Lipinski definition) is 2. The molecular weight excluding hydrogens is 272 g/mol. The molecule has 0 saturated heterocycles. The fraction of sp³-hybridized carbons (Fsp3) is 0.600. The highest BCUT2D eigenvalue weighted by Crippen LogP contribution is 2.41. The van der Waals surface area contributed by atoms with Crippen molar-refractivity contribution >= 4 is 15.7 Å². The van der Waals surface area contributed by atoms with E-state index >= 15 is 0 Å². The Kier molecular flexibility index (Phi) is 4.12. The van der Waals surface area contributed by atoms with E-state index in [2.05, 4.69) is 23.9 Å². The first kappa shape index (κ1) is 15.3. The largest absolute Gasteiger partial charge is 0.379 e. The summed E-state index contributed by atoms with van der Waals surface area (Å²) in [6.45, 7) is 7.90. The van der Waals surface area contributed by atoms with Crippen LogP contribution in [-0.4, -0.2) is 20.0 Å². The van der Waals surface area contributed by atoms with Gasteiger partial charge >= 0.3 is 0 Å². The Bertz CT molecular complexity index is 575. The molecule has 1 aliphatic carbocycles. The highest BCUT2D eigenvalue weighted by Gasteiger charge is 2.38. The standard InChI is InChI=1S/C15H24N2O2S/c1-11(2)17-20(18,19)14-8-6-5-7-13(14)16-15(3,4)12-9-10-12/h5-8,11-12,16-17H,9-10H2,1-4H3. The smallest absolute Gasteiger partial charge is 0.242 e. The molecule has 1 fully saturated rings. The fourth-order valence-electron chi connectivity index (χ4n) is 2.43. The SMILES string of the molecule is CC(C)NS(=O)(=O)c1ccccc1NC(C)(C)C1CC1. The molecule has 4 nitrogen and oxygen atoms in total. The van der Waals surface area contributed by atoms with Gasteiger partial charge in [-0.2, -0.15) is 0 Å². The minimum atomic E-state index is -3.48. The molecule has 2 rings (SSSR count). The van der Waals surface area contributed by atoms with Gasteiger partial charge in [-0.25, -0.2) is 13.1 Å². The molecule has 0 spiro atoms. The predicted octanol–water partition coefficient (Wildman–Crippen LogP) is 2.97. The molecule has 1 aromatic rings. The van der Waals surface area contributed by atoms with E-state index in [4.69, 9.17) is 0 Å². The van der Waals surface area contributed by atoms with Gasteiger partial charge < -0.3 is 5.32 Å². The van der Waals surface area contributed by atoms with Gasteiger partial charge in [0.25, 0.3) is 0 Å². The average Bonchev–Trinajstić information content (AvgIpc) is 3.10. The Morgan fingerprint density at radius 3 is 2.35 bits per heavy atom. The van der Waals surface area contributed by atoms with Crippen molar-refractivity contribution in [1.82, 2.24) is 4.72 Å². The maximum atomic E-state index is 12.4. The lowest BCUT2D eigenvalue weighted by Gasteiger charge is -2.29. The normalized spacial score (nSPS) is 16.4. The van der Waals surface area contributed by atoms with Crippen molar-refractivity contribution in [1.29, 1.82) is 0 Å². The Balaban J connectivity index is 2.31. The molecule has 1 saturated carbocycles. The number of anilines is 1. The van der Waals surface area contributed by atoms with Gasteiger partial charge in [-0.15, -0.1) is 0 Å². The van der Waals surface area contributed by atoms with E-state index < -0.39 is 10.0 Å². The quantitative estimate of drug-likeness (QED) is 0.848. The van der Waals surface area contributed by atoms with Crippen LogP contribution in [0.3, 0.4) is 0 Å². The summed E-state index contributed by atoms with van der Waals surface area (Å²) in [4.78, 5) is 0.322. The Hall–Kier alpha value is -1.07. The molecule has 0 amide bonds. The molecule has 0 atom stereocenters. The highest BCUT2D eigenvalue weighted by molar-refractivity contribution is 7.89. The molecule has 0 aliphatic heterocycles. The van der Waals surface area contributed by atoms with Crippen LogP contribution in [0.25, 0.3) is 0 Å². The van der Waals surface area contributed by atoms with E-state index in [0.717, 1.165) is 0 Å². The van der Waals surface area contributed by atoms with Crippen LogP contribution in [-0.2, 0) is 10.0 Å². The summed E-state index contributed by atoms with van der Waals surface area (Å²) >= 11 is 0. The van der Waals surface area contributed by atoms with Gasteiger partial charge in [0.05, 0.1) is 5.69 Å². The Morgan fingerprint density at radius 1 is 1.20 bits per heavy atom. The van der Waals surface area contributed by atoms with E-state index in [1.54, 1.807) is 12.1 Å². The van der Waals surface area contributed by atoms with Crippen molar-refractivity contribution in [2.24, 2.45) is 5.92 Å². The minimum Gasteiger partial charge on any atom is -0.379 e. The van der Waals surface area contributed by atoms with Crippen LogP contribution in [0.15, 0.2) is 29.2 Å². The topological polar surface area (TPSA) is 58.2 Å². The zero-order chi connectivity index (χ0) is 15.0. The van der Waals surface area contributed by atoms with Crippen LogP contribution in [0.4, 0.5) is 5.69 Å². The first-order chi connectivity index (χ1) is 9.22. The lowest BCUT2D eigenvalue weighted by molar-refractivity contribution is 0.493. The van der Waals surface area contributed by atoms with E-state index in [1.165, 1.54) is 12.8 Å². The molecule has 0 radical (unpaired) electrons. The molecule has 5 heteroatoms. The number of hydrogen-bond acceptors (Lipinski definition) is 3. The molecule has 20 heavy (non-hydrogen) atoms. The van der Waals surface area contributed by atoms with Crippen LogP contribution in [0.5, 0.6) is 0 Å². The monoisotopic (exact) mass is 296 g/mol. The lowest BCUT2D eigenvalue weighted by Crippen LogP contribution is -2.35.